The second-order valence-corrected chi connectivity index (χ2v) is 5.19. The van der Waals surface area contributed by atoms with Crippen LogP contribution in [-0.4, -0.2) is 24.0 Å². The number of rotatable bonds is 3. The predicted octanol–water partition coefficient (Wildman–Crippen LogP) is 2.84. The van der Waals surface area contributed by atoms with Crippen LogP contribution in [0.1, 0.15) is 20.0 Å². The average molecular weight is 297 g/mol. The van der Waals surface area contributed by atoms with Crippen LogP contribution in [0.3, 0.4) is 0 Å². The summed E-state index contributed by atoms with van der Waals surface area (Å²) in [5.41, 5.74) is 0.317. The lowest BCUT2D eigenvalue weighted by Gasteiger charge is -2.04. The van der Waals surface area contributed by atoms with E-state index in [1.165, 1.54) is 25.4 Å². The maximum atomic E-state index is 11.9. The van der Waals surface area contributed by atoms with E-state index < -0.39 is 5.97 Å². The van der Waals surface area contributed by atoms with Crippen molar-refractivity contribution in [1.82, 2.24) is 4.98 Å². The summed E-state index contributed by atoms with van der Waals surface area (Å²) in [5, 5.41) is 2.58. The highest BCUT2D eigenvalue weighted by molar-refractivity contribution is 7.18. The Morgan fingerprint density at radius 3 is 2.79 bits per heavy atom. The number of nitrogens with one attached hydrogen (secondary N) is 1. The van der Waals surface area contributed by atoms with Gasteiger partial charge < -0.3 is 10.1 Å². The van der Waals surface area contributed by atoms with Gasteiger partial charge in [0.25, 0.3) is 5.91 Å². The lowest BCUT2D eigenvalue weighted by Crippen LogP contribution is -2.12. The third kappa shape index (κ3) is 3.30. The van der Waals surface area contributed by atoms with Gasteiger partial charge in [-0.3, -0.25) is 4.79 Å². The molecule has 0 aliphatic rings. The standard InChI is InChI=1S/C12H9ClN2O3S/c1-18-12(17)7-4-5-14-10(6-7)15-11(16)8-2-3-9(13)19-8/h2-6H,1H3,(H,14,15,16). The molecule has 2 aromatic heterocycles. The fourth-order valence-corrected chi connectivity index (χ4v) is 2.30. The number of amides is 1. The van der Waals surface area contributed by atoms with Crippen LogP contribution in [0.5, 0.6) is 0 Å². The van der Waals surface area contributed by atoms with E-state index >= 15 is 0 Å². The molecule has 0 bridgehead atoms. The fourth-order valence-electron chi connectivity index (χ4n) is 1.36. The van der Waals surface area contributed by atoms with Gasteiger partial charge in [-0.25, -0.2) is 9.78 Å². The summed E-state index contributed by atoms with van der Waals surface area (Å²) in [4.78, 5) is 27.6. The highest BCUT2D eigenvalue weighted by Gasteiger charge is 2.11. The number of aromatic nitrogens is 1. The summed E-state index contributed by atoms with van der Waals surface area (Å²) in [6, 6.07) is 6.20. The van der Waals surface area contributed by atoms with Gasteiger partial charge in [0.15, 0.2) is 0 Å². The normalized spacial score (nSPS) is 10.0. The third-order valence-electron chi connectivity index (χ3n) is 2.22. The minimum absolute atomic E-state index is 0.275. The van der Waals surface area contributed by atoms with Crippen molar-refractivity contribution in [2.45, 2.75) is 0 Å². The largest absolute Gasteiger partial charge is 0.465 e. The summed E-state index contributed by atoms with van der Waals surface area (Å²) in [7, 11) is 1.29. The number of ether oxygens (including phenoxy) is 1. The fraction of sp³-hybridized carbons (Fsp3) is 0.0833. The molecule has 2 rings (SSSR count). The maximum absolute atomic E-state index is 11.9. The lowest BCUT2D eigenvalue weighted by molar-refractivity contribution is 0.0600. The Morgan fingerprint density at radius 1 is 1.37 bits per heavy atom. The Morgan fingerprint density at radius 2 is 2.16 bits per heavy atom. The molecule has 19 heavy (non-hydrogen) atoms. The van der Waals surface area contributed by atoms with Gasteiger partial charge in [0.2, 0.25) is 0 Å². The Bertz CT molecular complexity index is 627. The van der Waals surface area contributed by atoms with Crippen LogP contribution in [-0.2, 0) is 4.74 Å². The quantitative estimate of drug-likeness (QED) is 0.884. The summed E-state index contributed by atoms with van der Waals surface area (Å²) < 4.78 is 5.12. The molecule has 0 fully saturated rings. The molecule has 0 aromatic carbocycles. The van der Waals surface area contributed by atoms with Crippen LogP contribution < -0.4 is 5.32 Å². The van der Waals surface area contributed by atoms with Crippen LogP contribution in [0.2, 0.25) is 4.34 Å². The second-order valence-electron chi connectivity index (χ2n) is 3.48. The third-order valence-corrected chi connectivity index (χ3v) is 3.45. The first-order valence-electron chi connectivity index (χ1n) is 5.21. The van der Waals surface area contributed by atoms with E-state index in [0.29, 0.717) is 14.8 Å². The maximum Gasteiger partial charge on any atom is 0.338 e. The number of nitrogens with zero attached hydrogens (tertiary/aromatic N) is 1. The SMILES string of the molecule is COC(=O)c1ccnc(NC(=O)c2ccc(Cl)s2)c1. The van der Waals surface area contributed by atoms with Gasteiger partial charge in [-0.2, -0.15) is 0 Å². The van der Waals surface area contributed by atoms with Crippen molar-refractivity contribution in [2.75, 3.05) is 12.4 Å². The van der Waals surface area contributed by atoms with Gasteiger partial charge in [-0.1, -0.05) is 11.6 Å². The molecule has 5 nitrogen and oxygen atoms in total. The first-order chi connectivity index (χ1) is 9.10. The van der Waals surface area contributed by atoms with Crippen molar-refractivity contribution in [2.24, 2.45) is 0 Å². The molecule has 1 N–H and O–H groups in total. The summed E-state index contributed by atoms with van der Waals surface area (Å²) in [6.45, 7) is 0. The molecule has 2 heterocycles. The van der Waals surface area contributed by atoms with E-state index in [-0.39, 0.29) is 11.7 Å². The number of anilines is 1. The molecule has 98 valence electrons. The zero-order valence-electron chi connectivity index (χ0n) is 9.84. The Kier molecular flexibility index (Phi) is 4.13. The number of hydrogen-bond donors (Lipinski definition) is 1. The smallest absolute Gasteiger partial charge is 0.338 e. The van der Waals surface area contributed by atoms with E-state index in [2.05, 4.69) is 15.0 Å². The van der Waals surface area contributed by atoms with E-state index in [4.69, 9.17) is 11.6 Å². The molecule has 0 saturated heterocycles. The van der Waals surface area contributed by atoms with Crippen LogP contribution in [0.4, 0.5) is 5.82 Å². The molecule has 0 radical (unpaired) electrons. The lowest BCUT2D eigenvalue weighted by atomic mass is 10.2. The molecule has 0 unspecified atom stereocenters. The zero-order valence-corrected chi connectivity index (χ0v) is 11.4. The summed E-state index contributed by atoms with van der Waals surface area (Å²) in [6.07, 6.45) is 1.42. The van der Waals surface area contributed by atoms with Gasteiger partial charge in [0, 0.05) is 6.20 Å². The number of esters is 1. The van der Waals surface area contributed by atoms with Crippen molar-refractivity contribution in [1.29, 1.82) is 0 Å². The second kappa shape index (κ2) is 5.81. The Balaban J connectivity index is 2.15. The number of carbonyl (C=O) groups is 2. The van der Waals surface area contributed by atoms with Crippen LogP contribution >= 0.6 is 22.9 Å². The van der Waals surface area contributed by atoms with Crippen molar-refractivity contribution >= 4 is 40.6 Å². The molecular formula is C12H9ClN2O3S. The molecular weight excluding hydrogens is 288 g/mol. The van der Waals surface area contributed by atoms with Gasteiger partial charge in [-0.05, 0) is 24.3 Å². The minimum atomic E-state index is -0.489. The van der Waals surface area contributed by atoms with Gasteiger partial charge in [0.05, 0.1) is 21.9 Å². The number of pyridine rings is 1. The van der Waals surface area contributed by atoms with Crippen molar-refractivity contribution in [3.8, 4) is 0 Å². The van der Waals surface area contributed by atoms with Gasteiger partial charge in [-0.15, -0.1) is 11.3 Å². The summed E-state index contributed by atoms with van der Waals surface area (Å²) in [5.74, 6) is -0.541. The first kappa shape index (κ1) is 13.5. The van der Waals surface area contributed by atoms with Gasteiger partial charge >= 0.3 is 5.97 Å². The topological polar surface area (TPSA) is 68.3 Å². The zero-order chi connectivity index (χ0) is 13.8. The molecule has 1 amide bonds. The molecule has 0 saturated carbocycles. The van der Waals surface area contributed by atoms with Crippen molar-refractivity contribution in [3.63, 3.8) is 0 Å². The summed E-state index contributed by atoms with van der Waals surface area (Å²) >= 11 is 6.92. The molecule has 7 heteroatoms. The van der Waals surface area contributed by atoms with Crippen molar-refractivity contribution < 1.29 is 14.3 Å². The molecule has 2 aromatic rings. The van der Waals surface area contributed by atoms with Crippen LogP contribution in [0.25, 0.3) is 0 Å². The first-order valence-corrected chi connectivity index (χ1v) is 6.40. The number of carbonyl (C=O) groups excluding carboxylic acids is 2. The molecule has 0 spiro atoms. The van der Waals surface area contributed by atoms with Gasteiger partial charge in [0.1, 0.15) is 5.82 Å². The van der Waals surface area contributed by atoms with E-state index in [9.17, 15) is 9.59 Å². The van der Waals surface area contributed by atoms with E-state index in [1.54, 1.807) is 12.1 Å². The van der Waals surface area contributed by atoms with Crippen LogP contribution in [0, 0.1) is 0 Å². The van der Waals surface area contributed by atoms with Crippen molar-refractivity contribution in [3.05, 3.63) is 45.2 Å². The van der Waals surface area contributed by atoms with E-state index in [1.807, 2.05) is 0 Å². The highest BCUT2D eigenvalue weighted by Crippen LogP contribution is 2.22. The predicted molar refractivity (Wildman–Crippen MR) is 72.9 cm³/mol. The molecule has 0 aliphatic heterocycles. The number of halogens is 1. The highest BCUT2D eigenvalue weighted by atomic mass is 35.5. The van der Waals surface area contributed by atoms with Crippen LogP contribution in [0.15, 0.2) is 30.5 Å². The molecule has 0 atom stereocenters. The molecule has 0 aliphatic carbocycles. The number of methoxy groups -OCH3 is 1. The Hall–Kier alpha value is -1.92. The van der Waals surface area contributed by atoms with E-state index in [0.717, 1.165) is 11.3 Å². The monoisotopic (exact) mass is 296 g/mol. The number of thiophene rings is 1. The average Bonchev–Trinajstić information content (AvgIpc) is 2.85. The number of hydrogen-bond acceptors (Lipinski definition) is 5. The Labute approximate surface area is 118 Å². The minimum Gasteiger partial charge on any atom is -0.465 e.